The third kappa shape index (κ3) is 12.3. The largest absolute Gasteiger partial charge is 0.416 e. The second kappa shape index (κ2) is 16.4. The van der Waals surface area contributed by atoms with Gasteiger partial charge in [0.15, 0.2) is 0 Å². The van der Waals surface area contributed by atoms with E-state index in [9.17, 15) is 22.7 Å². The molecule has 0 radical (unpaired) electrons. The van der Waals surface area contributed by atoms with Gasteiger partial charge in [-0.2, -0.15) is 13.2 Å². The summed E-state index contributed by atoms with van der Waals surface area (Å²) in [4.78, 5) is 4.07. The Labute approximate surface area is 205 Å². The van der Waals surface area contributed by atoms with Gasteiger partial charge < -0.3 is 10.4 Å². The molecule has 190 valence electrons. The molecule has 1 aromatic heterocycles. The van der Waals surface area contributed by atoms with Crippen molar-refractivity contribution in [3.05, 3.63) is 88.0 Å². The average Bonchev–Trinajstić information content (AvgIpc) is 2.76. The fourth-order valence-corrected chi connectivity index (χ4v) is 2.95. The first-order valence-corrected chi connectivity index (χ1v) is 11.6. The van der Waals surface area contributed by atoms with Gasteiger partial charge in [-0.1, -0.05) is 56.2 Å². The molecule has 0 saturated heterocycles. The first kappa shape index (κ1) is 31.8. The second-order valence-electron chi connectivity index (χ2n) is 7.22. The standard InChI is InChI=1S/C16H15ClF4N2O.C8H14.C2H6/c1-9(24)7-23-15(14-3-2-12(17)8-22-14)10-4-11(16(19,20)21)6-13(18)5-10;1-4-6-8(3)7-5-2;1-2/h2-6,8-9,15,23-24H,7H2,1H3;4,6-7H,5H2,1-3H3;1-2H3/b;6-4-,8-7-;/t9-,15-;;/m0../s1. The third-order valence-electron chi connectivity index (χ3n) is 4.20. The topological polar surface area (TPSA) is 45.1 Å². The minimum absolute atomic E-state index is 0.0535. The summed E-state index contributed by atoms with van der Waals surface area (Å²) in [6.07, 6.45) is 3.45. The summed E-state index contributed by atoms with van der Waals surface area (Å²) in [5.74, 6) is -1.00. The quantitative estimate of drug-likeness (QED) is 0.299. The fraction of sp³-hybridized carbons (Fsp3) is 0.423. The maximum atomic E-state index is 13.7. The maximum absolute atomic E-state index is 13.7. The Bertz CT molecular complexity index is 895. The lowest BCUT2D eigenvalue weighted by atomic mass is 10.00. The summed E-state index contributed by atoms with van der Waals surface area (Å²) in [6.45, 7) is 11.9. The number of nitrogens with zero attached hydrogens (tertiary/aromatic N) is 1. The molecule has 0 spiro atoms. The highest BCUT2D eigenvalue weighted by Crippen LogP contribution is 2.33. The normalized spacial score (nSPS) is 13.5. The number of aliphatic hydroxyl groups excluding tert-OH is 1. The van der Waals surface area contributed by atoms with E-state index < -0.39 is 29.7 Å². The van der Waals surface area contributed by atoms with Gasteiger partial charge in [-0.05, 0) is 63.1 Å². The van der Waals surface area contributed by atoms with Crippen LogP contribution in [0.5, 0.6) is 0 Å². The Hall–Kier alpha value is -2.22. The van der Waals surface area contributed by atoms with Crippen LogP contribution in [0.3, 0.4) is 0 Å². The molecule has 2 aromatic rings. The molecule has 34 heavy (non-hydrogen) atoms. The number of benzene rings is 1. The molecule has 0 amide bonds. The Balaban J connectivity index is 0.000000924. The predicted octanol–water partition coefficient (Wildman–Crippen LogP) is 7.90. The van der Waals surface area contributed by atoms with Crippen LogP contribution in [-0.4, -0.2) is 22.7 Å². The number of aliphatic hydroxyl groups is 1. The minimum Gasteiger partial charge on any atom is -0.392 e. The first-order chi connectivity index (χ1) is 16.0. The fourth-order valence-electron chi connectivity index (χ4n) is 2.84. The molecule has 2 N–H and O–H groups in total. The molecule has 0 aliphatic rings. The van der Waals surface area contributed by atoms with Crippen LogP contribution in [-0.2, 0) is 6.18 Å². The van der Waals surface area contributed by atoms with Crippen molar-refractivity contribution in [3.8, 4) is 0 Å². The number of hydrogen-bond donors (Lipinski definition) is 2. The number of nitrogens with one attached hydrogen (secondary N) is 1. The molecule has 0 fully saturated rings. The monoisotopic (exact) mass is 502 g/mol. The molecule has 0 saturated carbocycles. The van der Waals surface area contributed by atoms with Crippen LogP contribution in [0.25, 0.3) is 0 Å². The smallest absolute Gasteiger partial charge is 0.392 e. The van der Waals surface area contributed by atoms with E-state index in [1.807, 2.05) is 20.8 Å². The third-order valence-corrected chi connectivity index (χ3v) is 4.42. The molecular formula is C26H35ClF4N2O. The van der Waals surface area contributed by atoms with Crippen molar-refractivity contribution in [1.82, 2.24) is 10.3 Å². The number of alkyl halides is 3. The molecule has 3 nitrogen and oxygen atoms in total. The zero-order valence-corrected chi connectivity index (χ0v) is 21.3. The first-order valence-electron chi connectivity index (χ1n) is 11.2. The molecule has 0 unspecified atom stereocenters. The number of aromatic nitrogens is 1. The molecule has 0 bridgehead atoms. The molecule has 1 heterocycles. The van der Waals surface area contributed by atoms with Gasteiger partial charge in [0.2, 0.25) is 0 Å². The van der Waals surface area contributed by atoms with Crippen LogP contribution in [0.2, 0.25) is 5.02 Å². The van der Waals surface area contributed by atoms with E-state index in [1.165, 1.54) is 30.8 Å². The summed E-state index contributed by atoms with van der Waals surface area (Å²) in [5.41, 5.74) is 0.682. The average molecular weight is 503 g/mol. The van der Waals surface area contributed by atoms with E-state index >= 15 is 0 Å². The summed E-state index contributed by atoms with van der Waals surface area (Å²) in [5, 5.41) is 12.7. The lowest BCUT2D eigenvalue weighted by molar-refractivity contribution is -0.137. The van der Waals surface area contributed by atoms with Gasteiger partial charge in [0.05, 0.1) is 28.4 Å². The SMILES string of the molecule is C/C=C\C(C)=C/CC.CC.C[C@H](O)CN[C@@H](c1cc(F)cc(C(F)(F)F)c1)c1ccc(Cl)cn1. The molecule has 2 rings (SSSR count). The van der Waals surface area contributed by atoms with Gasteiger partial charge in [0.1, 0.15) is 5.82 Å². The molecule has 1 aromatic carbocycles. The number of pyridine rings is 1. The predicted molar refractivity (Wildman–Crippen MR) is 132 cm³/mol. The summed E-state index contributed by atoms with van der Waals surface area (Å²) >= 11 is 5.77. The van der Waals surface area contributed by atoms with E-state index in [-0.39, 0.29) is 12.1 Å². The van der Waals surface area contributed by atoms with Crippen molar-refractivity contribution in [2.45, 2.75) is 66.3 Å². The molecule has 0 aliphatic heterocycles. The second-order valence-corrected chi connectivity index (χ2v) is 7.66. The molecule has 2 atom stereocenters. The van der Waals surface area contributed by atoms with Crippen molar-refractivity contribution in [2.24, 2.45) is 0 Å². The van der Waals surface area contributed by atoms with Gasteiger partial charge in [-0.3, -0.25) is 4.98 Å². The number of halogens is 5. The van der Waals surface area contributed by atoms with Crippen molar-refractivity contribution in [3.63, 3.8) is 0 Å². The number of rotatable bonds is 7. The van der Waals surface area contributed by atoms with Crippen molar-refractivity contribution < 1.29 is 22.7 Å². The summed E-state index contributed by atoms with van der Waals surface area (Å²) < 4.78 is 52.4. The number of hydrogen-bond acceptors (Lipinski definition) is 3. The van der Waals surface area contributed by atoms with Gasteiger partial charge in [0.25, 0.3) is 0 Å². The summed E-state index contributed by atoms with van der Waals surface area (Å²) in [7, 11) is 0. The Morgan fingerprint density at radius 1 is 1.21 bits per heavy atom. The Kier molecular flexibility index (Phi) is 15.3. The zero-order valence-electron chi connectivity index (χ0n) is 20.5. The van der Waals surface area contributed by atoms with Crippen LogP contribution in [0.1, 0.15) is 70.8 Å². The van der Waals surface area contributed by atoms with Gasteiger partial charge in [0, 0.05) is 12.7 Å². The van der Waals surface area contributed by atoms with E-state index in [0.29, 0.717) is 16.8 Å². The highest BCUT2D eigenvalue weighted by Gasteiger charge is 2.32. The van der Waals surface area contributed by atoms with Crippen LogP contribution in [0.15, 0.2) is 60.3 Å². The van der Waals surface area contributed by atoms with Gasteiger partial charge in [-0.15, -0.1) is 0 Å². The number of allylic oxidation sites excluding steroid dienone is 4. The van der Waals surface area contributed by atoms with E-state index in [2.05, 4.69) is 42.4 Å². The lowest BCUT2D eigenvalue weighted by Gasteiger charge is -2.21. The van der Waals surface area contributed by atoms with Crippen molar-refractivity contribution >= 4 is 11.6 Å². The van der Waals surface area contributed by atoms with Gasteiger partial charge in [-0.25, -0.2) is 4.39 Å². The Morgan fingerprint density at radius 2 is 1.85 bits per heavy atom. The van der Waals surface area contributed by atoms with E-state index in [4.69, 9.17) is 11.6 Å². The van der Waals surface area contributed by atoms with Crippen LogP contribution < -0.4 is 5.32 Å². The van der Waals surface area contributed by atoms with Crippen molar-refractivity contribution in [1.29, 1.82) is 0 Å². The minimum atomic E-state index is -4.67. The highest BCUT2D eigenvalue weighted by molar-refractivity contribution is 6.30. The molecular weight excluding hydrogens is 468 g/mol. The molecule has 8 heteroatoms. The van der Waals surface area contributed by atoms with Gasteiger partial charge >= 0.3 is 6.18 Å². The van der Waals surface area contributed by atoms with E-state index in [0.717, 1.165) is 18.6 Å². The summed E-state index contributed by atoms with van der Waals surface area (Å²) in [6, 6.07) is 4.54. The van der Waals surface area contributed by atoms with Crippen LogP contribution in [0.4, 0.5) is 17.6 Å². The lowest BCUT2D eigenvalue weighted by Crippen LogP contribution is -2.30. The zero-order chi connectivity index (χ0) is 26.3. The van der Waals surface area contributed by atoms with E-state index in [1.54, 1.807) is 0 Å². The molecule has 0 aliphatic carbocycles. The van der Waals surface area contributed by atoms with Crippen molar-refractivity contribution in [2.75, 3.05) is 6.54 Å². The van der Waals surface area contributed by atoms with Crippen LogP contribution in [0, 0.1) is 5.82 Å². The van der Waals surface area contributed by atoms with Crippen LogP contribution >= 0.6 is 11.6 Å². The Morgan fingerprint density at radius 3 is 2.32 bits per heavy atom. The maximum Gasteiger partial charge on any atom is 0.416 e. The highest BCUT2D eigenvalue weighted by atomic mass is 35.5.